The number of nitrogens with one attached hydrogen (secondary N) is 1. The van der Waals surface area contributed by atoms with Gasteiger partial charge in [0.05, 0.1) is 17.9 Å². The van der Waals surface area contributed by atoms with Gasteiger partial charge >= 0.3 is 24.4 Å². The minimum absolute atomic E-state index is 0.0972. The fraction of sp³-hybridized carbons (Fsp3) is 0.393. The summed E-state index contributed by atoms with van der Waals surface area (Å²) in [6.45, 7) is 5.46. The molecule has 0 aliphatic rings. The van der Waals surface area contributed by atoms with Crippen LogP contribution in [0.15, 0.2) is 53.6 Å². The van der Waals surface area contributed by atoms with E-state index in [9.17, 15) is 49.1 Å². The van der Waals surface area contributed by atoms with E-state index in [0.717, 1.165) is 29.2 Å². The van der Waals surface area contributed by atoms with Crippen LogP contribution in [-0.4, -0.2) is 61.8 Å². The van der Waals surface area contributed by atoms with Gasteiger partial charge in [0.2, 0.25) is 0 Å². The molecule has 44 heavy (non-hydrogen) atoms. The van der Waals surface area contributed by atoms with E-state index in [1.165, 1.54) is 25.1 Å². The first-order valence-corrected chi connectivity index (χ1v) is 14.7. The number of aromatic nitrogens is 1. The number of carbonyl (C=O) groups excluding carboxylic acids is 3. The summed E-state index contributed by atoms with van der Waals surface area (Å²) in [7, 11) is -3.68. The number of carbonyl (C=O) groups is 3. The van der Waals surface area contributed by atoms with Crippen molar-refractivity contribution in [3.63, 3.8) is 0 Å². The van der Waals surface area contributed by atoms with Gasteiger partial charge in [-0.05, 0) is 57.5 Å². The van der Waals surface area contributed by atoms with Crippen molar-refractivity contribution in [2.24, 2.45) is 0 Å². The van der Waals surface area contributed by atoms with Crippen LogP contribution in [0.3, 0.4) is 0 Å². The highest BCUT2D eigenvalue weighted by atomic mass is 32.2. The number of halogens is 6. The molecule has 0 saturated heterocycles. The minimum atomic E-state index is -5.96. The summed E-state index contributed by atoms with van der Waals surface area (Å²) < 4.78 is 119. The summed E-state index contributed by atoms with van der Waals surface area (Å²) in [5.41, 5.74) is -7.54. The Morgan fingerprint density at radius 1 is 0.909 bits per heavy atom. The fourth-order valence-electron chi connectivity index (χ4n) is 4.36. The molecular weight excluding hydrogens is 622 g/mol. The lowest BCUT2D eigenvalue weighted by atomic mass is 9.76. The van der Waals surface area contributed by atoms with Gasteiger partial charge in [0.1, 0.15) is 11.3 Å². The Kier molecular flexibility index (Phi) is 9.21. The third-order valence-corrected chi connectivity index (χ3v) is 7.45. The van der Waals surface area contributed by atoms with Gasteiger partial charge < -0.3 is 14.8 Å². The van der Waals surface area contributed by atoms with Crippen LogP contribution in [-0.2, 0) is 29.5 Å². The van der Waals surface area contributed by atoms with Crippen molar-refractivity contribution >= 4 is 44.3 Å². The van der Waals surface area contributed by atoms with Gasteiger partial charge in [0.25, 0.3) is 5.91 Å². The molecule has 9 nitrogen and oxygen atoms in total. The number of hydrogen-bond donors (Lipinski definition) is 1. The standard InChI is InChI=1S/C28H28F6N2O7S/c1-6-42-21(37)14-26(27(29,30)31,28(32,33)34)17-7-9-18(10-8-17)35-23(38)22-20-12-11-19(44(5,40)41)13-16(20)15-36(22)24(39)43-25(2,3)4/h7-13,15H,6,14H2,1-5H3,(H,35,38). The van der Waals surface area contributed by atoms with Gasteiger partial charge in [-0.25, -0.2) is 17.8 Å². The molecule has 1 amide bonds. The molecule has 3 aromatic rings. The summed E-state index contributed by atoms with van der Waals surface area (Å²) in [5.74, 6) is -2.73. The number of esters is 1. The van der Waals surface area contributed by atoms with E-state index < -0.39 is 69.8 Å². The average Bonchev–Trinajstić information content (AvgIpc) is 3.24. The number of benzene rings is 2. The minimum Gasteiger partial charge on any atom is -0.466 e. The van der Waals surface area contributed by atoms with Crippen molar-refractivity contribution in [2.45, 2.75) is 62.4 Å². The molecule has 0 atom stereocenters. The third-order valence-electron chi connectivity index (χ3n) is 6.34. The van der Waals surface area contributed by atoms with Crippen LogP contribution in [0.1, 0.15) is 50.2 Å². The molecule has 0 unspecified atom stereocenters. The Morgan fingerprint density at radius 2 is 1.48 bits per heavy atom. The number of alkyl halides is 6. The van der Waals surface area contributed by atoms with Crippen LogP contribution >= 0.6 is 0 Å². The van der Waals surface area contributed by atoms with Crippen molar-refractivity contribution in [3.8, 4) is 0 Å². The van der Waals surface area contributed by atoms with E-state index in [-0.39, 0.29) is 27.0 Å². The number of nitrogens with zero attached hydrogens (tertiary/aromatic N) is 1. The number of ether oxygens (including phenoxy) is 2. The van der Waals surface area contributed by atoms with Crippen LogP contribution in [0.25, 0.3) is 10.8 Å². The van der Waals surface area contributed by atoms with E-state index in [2.05, 4.69) is 10.1 Å². The molecule has 0 spiro atoms. The molecule has 2 aromatic carbocycles. The van der Waals surface area contributed by atoms with Crippen LogP contribution in [0.2, 0.25) is 0 Å². The largest absolute Gasteiger partial charge is 0.466 e. The zero-order valence-corrected chi connectivity index (χ0v) is 24.8. The molecule has 0 aliphatic carbocycles. The van der Waals surface area contributed by atoms with Gasteiger partial charge in [0.15, 0.2) is 15.3 Å². The van der Waals surface area contributed by atoms with Crippen molar-refractivity contribution < 1.29 is 58.6 Å². The summed E-state index contributed by atoms with van der Waals surface area (Å²) in [5, 5.41) is 2.57. The van der Waals surface area contributed by atoms with Gasteiger partial charge in [-0.2, -0.15) is 26.3 Å². The molecular formula is C28H28F6N2O7S. The van der Waals surface area contributed by atoms with Gasteiger partial charge in [-0.3, -0.25) is 9.59 Å². The molecule has 1 aromatic heterocycles. The molecule has 16 heteroatoms. The lowest BCUT2D eigenvalue weighted by molar-refractivity contribution is -0.305. The Morgan fingerprint density at radius 3 is 1.95 bits per heavy atom. The van der Waals surface area contributed by atoms with E-state index in [4.69, 9.17) is 4.74 Å². The predicted octanol–water partition coefficient (Wildman–Crippen LogP) is 6.40. The Hall–Kier alpha value is -4.08. The second kappa shape index (κ2) is 11.8. The highest BCUT2D eigenvalue weighted by Crippen LogP contribution is 2.54. The molecule has 0 bridgehead atoms. The van der Waals surface area contributed by atoms with Crippen molar-refractivity contribution in [1.29, 1.82) is 0 Å². The molecule has 240 valence electrons. The average molecular weight is 651 g/mol. The Balaban J connectivity index is 2.09. The van der Waals surface area contributed by atoms with E-state index in [1.807, 2.05) is 0 Å². The smallest absolute Gasteiger partial charge is 0.419 e. The normalized spacial score (nSPS) is 13.1. The number of amides is 1. The maximum atomic E-state index is 14.1. The van der Waals surface area contributed by atoms with Crippen LogP contribution in [0.4, 0.5) is 36.8 Å². The molecule has 0 fully saturated rings. The monoisotopic (exact) mass is 650 g/mol. The number of rotatable bonds is 7. The lowest BCUT2D eigenvalue weighted by Crippen LogP contribution is -2.55. The Labute approximate surface area is 248 Å². The first kappa shape index (κ1) is 34.4. The number of anilines is 1. The molecule has 0 aliphatic heterocycles. The van der Waals surface area contributed by atoms with E-state index in [0.29, 0.717) is 12.1 Å². The van der Waals surface area contributed by atoms with Crippen LogP contribution in [0.5, 0.6) is 0 Å². The zero-order chi connectivity index (χ0) is 33.5. The van der Waals surface area contributed by atoms with Gasteiger partial charge in [-0.15, -0.1) is 0 Å². The first-order valence-electron chi connectivity index (χ1n) is 12.8. The fourth-order valence-corrected chi connectivity index (χ4v) is 5.02. The summed E-state index contributed by atoms with van der Waals surface area (Å²) in [6, 6.07) is 6.17. The highest BCUT2D eigenvalue weighted by Gasteiger charge is 2.72. The lowest BCUT2D eigenvalue weighted by Gasteiger charge is -2.37. The van der Waals surface area contributed by atoms with Crippen LogP contribution in [0, 0.1) is 0 Å². The quantitative estimate of drug-likeness (QED) is 0.232. The maximum absolute atomic E-state index is 14.1. The molecule has 0 radical (unpaired) electrons. The molecule has 1 N–H and O–H groups in total. The summed E-state index contributed by atoms with van der Waals surface area (Å²) >= 11 is 0. The van der Waals surface area contributed by atoms with E-state index in [1.54, 1.807) is 20.8 Å². The second-order valence-corrected chi connectivity index (χ2v) is 12.8. The van der Waals surface area contributed by atoms with Crippen molar-refractivity contribution in [3.05, 3.63) is 59.9 Å². The second-order valence-electron chi connectivity index (χ2n) is 10.8. The zero-order valence-electron chi connectivity index (χ0n) is 24.0. The predicted molar refractivity (Wildman–Crippen MR) is 146 cm³/mol. The van der Waals surface area contributed by atoms with Crippen molar-refractivity contribution in [1.82, 2.24) is 4.57 Å². The van der Waals surface area contributed by atoms with E-state index >= 15 is 0 Å². The maximum Gasteiger partial charge on any atom is 0.419 e. The number of fused-ring (bicyclic) bond motifs is 1. The SMILES string of the molecule is CCOC(=O)CC(c1ccc(NC(=O)c2c3ccc(S(C)(=O)=O)cc3cn2C(=O)OC(C)(C)C)cc1)(C(F)(F)F)C(F)(F)F. The Bertz CT molecular complexity index is 1670. The molecule has 3 rings (SSSR count). The van der Waals surface area contributed by atoms with Gasteiger partial charge in [0, 0.05) is 28.9 Å². The highest BCUT2D eigenvalue weighted by molar-refractivity contribution is 7.90. The topological polar surface area (TPSA) is 121 Å². The summed E-state index contributed by atoms with van der Waals surface area (Å²) in [4.78, 5) is 38.1. The van der Waals surface area contributed by atoms with Crippen LogP contribution < -0.4 is 5.32 Å². The molecule has 0 saturated carbocycles. The van der Waals surface area contributed by atoms with Crippen molar-refractivity contribution in [2.75, 3.05) is 18.2 Å². The number of sulfone groups is 1. The first-order chi connectivity index (χ1) is 20.0. The number of hydrogen-bond acceptors (Lipinski definition) is 7. The molecule has 1 heterocycles. The van der Waals surface area contributed by atoms with Gasteiger partial charge in [-0.1, -0.05) is 18.2 Å². The third kappa shape index (κ3) is 7.00. The summed E-state index contributed by atoms with van der Waals surface area (Å²) in [6.07, 6.45) is -12.9.